The minimum Gasteiger partial charge on any atom is -0.311 e. The lowest BCUT2D eigenvalue weighted by molar-refractivity contribution is 1.29. The van der Waals surface area contributed by atoms with E-state index in [-0.39, 0.29) is 0 Å². The maximum atomic E-state index is 2.54. The lowest BCUT2D eigenvalue weighted by Crippen LogP contribution is -2.58. The van der Waals surface area contributed by atoms with Crippen LogP contribution in [0.4, 0.5) is 34.1 Å². The average molecular weight is 953 g/mol. The monoisotopic (exact) mass is 952 g/mol. The molecule has 12 aromatic rings. The van der Waals surface area contributed by atoms with Crippen molar-refractivity contribution in [3.8, 4) is 33.4 Å². The van der Waals surface area contributed by atoms with Gasteiger partial charge in [0.2, 0.25) is 0 Å². The summed E-state index contributed by atoms with van der Waals surface area (Å²) in [5.41, 5.74) is 14.8. The number of anilines is 6. The van der Waals surface area contributed by atoms with Gasteiger partial charge in [0.1, 0.15) is 16.1 Å². The Kier molecular flexibility index (Phi) is 9.54. The molecule has 0 saturated heterocycles. The van der Waals surface area contributed by atoms with E-state index in [0.29, 0.717) is 0 Å². The molecule has 0 atom stereocenters. The summed E-state index contributed by atoms with van der Waals surface area (Å²) in [6, 6.07) is 91.8. The SMILES string of the molecule is C[Si]1(C)c2ccccc2N(c2ccc3c(-c4ccc(-c5ccccc5)c5ccccc45)c4cc(N5c6ccccc6[Si](C)(C)c6ccccc65)ccc4c(-c4ccc5ccccc5c4)c3c2)c2ccccc21. The second-order valence-corrected chi connectivity index (χ2v) is 29.5. The number of hydrogen-bond acceptors (Lipinski definition) is 2. The van der Waals surface area contributed by atoms with E-state index in [2.05, 4.69) is 279 Å². The highest BCUT2D eigenvalue weighted by Crippen LogP contribution is 2.51. The number of fused-ring (bicyclic) bond motifs is 8. The van der Waals surface area contributed by atoms with Crippen LogP contribution in [0.5, 0.6) is 0 Å². The zero-order valence-corrected chi connectivity index (χ0v) is 43.0. The van der Waals surface area contributed by atoms with Gasteiger partial charge in [-0.3, -0.25) is 0 Å². The van der Waals surface area contributed by atoms with Gasteiger partial charge in [0.15, 0.2) is 0 Å². The fraction of sp³-hybridized carbons (Fsp3) is 0.0588. The fourth-order valence-electron chi connectivity index (χ4n) is 12.7. The molecule has 2 heterocycles. The molecule has 12 aromatic carbocycles. The van der Waals surface area contributed by atoms with Crippen LogP contribution in [0.3, 0.4) is 0 Å². The van der Waals surface area contributed by atoms with Crippen LogP contribution in [-0.4, -0.2) is 16.1 Å². The summed E-state index contributed by atoms with van der Waals surface area (Å²) in [5.74, 6) is 0. The smallest absolute Gasteiger partial charge is 0.117 e. The van der Waals surface area contributed by atoms with Crippen LogP contribution in [0.25, 0.3) is 76.5 Å². The molecule has 4 heteroatoms. The molecular weight excluding hydrogens is 901 g/mol. The zero-order chi connectivity index (χ0) is 48.3. The summed E-state index contributed by atoms with van der Waals surface area (Å²) in [6.45, 7) is 10.0. The van der Waals surface area contributed by atoms with Crippen LogP contribution in [0.1, 0.15) is 0 Å². The molecule has 0 aromatic heterocycles. The molecular formula is C68H52N2Si2. The van der Waals surface area contributed by atoms with Gasteiger partial charge in [-0.15, -0.1) is 0 Å². The van der Waals surface area contributed by atoms with Crippen LogP contribution in [0.2, 0.25) is 26.2 Å². The Balaban J connectivity index is 1.12. The standard InChI is InChI=1S/C68H52N2Si2/c1-71(2)63-30-16-12-26-59(63)69(60-27-13-17-31-64(60)71)49-37-39-56-57(43-49)67(48-35-34-45-20-8-9-23-47(45)42-48)55-38-36-50(70-61-28-14-18-32-65(61)72(3,4)66-33-19-15-29-62(66)70)44-58(55)68(56)54-41-40-51(46-21-6-5-7-22-46)52-24-10-11-25-53(52)54/h5-44H,1-4H3. The minimum atomic E-state index is -2.02. The molecule has 0 N–H and O–H groups in total. The van der Waals surface area contributed by atoms with Gasteiger partial charge in [0.05, 0.1) is 0 Å². The van der Waals surface area contributed by atoms with E-state index < -0.39 is 16.1 Å². The van der Waals surface area contributed by atoms with Gasteiger partial charge < -0.3 is 9.80 Å². The van der Waals surface area contributed by atoms with E-state index in [1.54, 1.807) is 0 Å². The van der Waals surface area contributed by atoms with Crippen LogP contribution in [0.15, 0.2) is 243 Å². The van der Waals surface area contributed by atoms with Crippen molar-refractivity contribution >= 4 is 114 Å². The Morgan fingerprint density at radius 3 is 1.22 bits per heavy atom. The van der Waals surface area contributed by atoms with E-state index in [1.165, 1.54) is 120 Å². The van der Waals surface area contributed by atoms with Gasteiger partial charge in [0.25, 0.3) is 0 Å². The molecule has 0 aliphatic carbocycles. The van der Waals surface area contributed by atoms with Gasteiger partial charge >= 0.3 is 0 Å². The summed E-state index contributed by atoms with van der Waals surface area (Å²) < 4.78 is 0. The fourth-order valence-corrected chi connectivity index (χ4v) is 18.7. The van der Waals surface area contributed by atoms with Crippen molar-refractivity contribution in [1.29, 1.82) is 0 Å². The predicted octanol–water partition coefficient (Wildman–Crippen LogP) is 16.5. The first-order valence-electron chi connectivity index (χ1n) is 25.3. The quantitative estimate of drug-likeness (QED) is 0.125. The first-order chi connectivity index (χ1) is 35.3. The normalized spacial score (nSPS) is 14.3. The highest BCUT2D eigenvalue weighted by molar-refractivity contribution is 7.03. The molecule has 2 aliphatic rings. The molecule has 2 nitrogen and oxygen atoms in total. The highest BCUT2D eigenvalue weighted by Gasteiger charge is 2.40. The van der Waals surface area contributed by atoms with E-state index in [9.17, 15) is 0 Å². The van der Waals surface area contributed by atoms with Crippen molar-refractivity contribution < 1.29 is 0 Å². The lowest BCUT2D eigenvalue weighted by atomic mass is 9.83. The molecule has 72 heavy (non-hydrogen) atoms. The van der Waals surface area contributed by atoms with Crippen LogP contribution < -0.4 is 30.5 Å². The van der Waals surface area contributed by atoms with Crippen LogP contribution in [-0.2, 0) is 0 Å². The van der Waals surface area contributed by atoms with E-state index in [4.69, 9.17) is 0 Å². The summed E-state index contributed by atoms with van der Waals surface area (Å²) >= 11 is 0. The molecule has 0 amide bonds. The molecule has 0 fully saturated rings. The number of rotatable bonds is 5. The minimum absolute atomic E-state index is 1.16. The van der Waals surface area contributed by atoms with E-state index in [0.717, 1.165) is 11.4 Å². The molecule has 0 unspecified atom stereocenters. The van der Waals surface area contributed by atoms with Crippen molar-refractivity contribution in [2.45, 2.75) is 26.2 Å². The summed E-state index contributed by atoms with van der Waals surface area (Å²) in [6.07, 6.45) is 0. The Hall–Kier alpha value is -8.29. The highest BCUT2D eigenvalue weighted by atomic mass is 28.3. The third-order valence-electron chi connectivity index (χ3n) is 16.2. The Labute approximate surface area is 423 Å². The molecule has 2 aliphatic heterocycles. The molecule has 0 bridgehead atoms. The molecule has 0 radical (unpaired) electrons. The summed E-state index contributed by atoms with van der Waals surface area (Å²) in [5, 5.41) is 15.7. The van der Waals surface area contributed by atoms with Gasteiger partial charge in [-0.1, -0.05) is 214 Å². The van der Waals surface area contributed by atoms with Crippen molar-refractivity contribution in [1.82, 2.24) is 0 Å². The van der Waals surface area contributed by atoms with E-state index in [1.807, 2.05) is 0 Å². The number of nitrogens with zero attached hydrogens (tertiary/aromatic N) is 2. The van der Waals surface area contributed by atoms with Crippen molar-refractivity contribution in [3.63, 3.8) is 0 Å². The maximum Gasteiger partial charge on any atom is 0.117 e. The second-order valence-electron chi connectivity index (χ2n) is 20.8. The topological polar surface area (TPSA) is 6.48 Å². The first kappa shape index (κ1) is 42.6. The molecule has 342 valence electrons. The average Bonchev–Trinajstić information content (AvgIpc) is 3.42. The van der Waals surface area contributed by atoms with Crippen LogP contribution >= 0.6 is 0 Å². The van der Waals surface area contributed by atoms with Crippen LogP contribution in [0, 0.1) is 0 Å². The van der Waals surface area contributed by atoms with Gasteiger partial charge in [-0.25, -0.2) is 0 Å². The maximum absolute atomic E-state index is 2.54. The zero-order valence-electron chi connectivity index (χ0n) is 41.0. The summed E-state index contributed by atoms with van der Waals surface area (Å²) in [7, 11) is -4.03. The van der Waals surface area contributed by atoms with Gasteiger partial charge in [-0.2, -0.15) is 0 Å². The lowest BCUT2D eigenvalue weighted by Gasteiger charge is -2.41. The largest absolute Gasteiger partial charge is 0.311 e. The number of benzene rings is 12. The molecule has 0 spiro atoms. The van der Waals surface area contributed by atoms with Gasteiger partial charge in [0, 0.05) is 34.1 Å². The number of para-hydroxylation sites is 4. The Morgan fingerprint density at radius 1 is 0.264 bits per heavy atom. The van der Waals surface area contributed by atoms with E-state index >= 15 is 0 Å². The summed E-state index contributed by atoms with van der Waals surface area (Å²) in [4.78, 5) is 5.08. The Bertz CT molecular complexity index is 4090. The third kappa shape index (κ3) is 6.32. The van der Waals surface area contributed by atoms with Gasteiger partial charge in [-0.05, 0) is 152 Å². The van der Waals surface area contributed by atoms with Crippen molar-refractivity contribution in [2.75, 3.05) is 9.80 Å². The number of hydrogen-bond donors (Lipinski definition) is 0. The third-order valence-corrected chi connectivity index (χ3v) is 23.3. The molecule has 14 rings (SSSR count). The van der Waals surface area contributed by atoms with Crippen molar-refractivity contribution in [3.05, 3.63) is 243 Å². The first-order valence-corrected chi connectivity index (χ1v) is 31.3. The predicted molar refractivity (Wildman–Crippen MR) is 316 cm³/mol. The Morgan fingerprint density at radius 2 is 0.681 bits per heavy atom. The second kappa shape index (κ2) is 16.1. The molecule has 0 saturated carbocycles. The van der Waals surface area contributed by atoms with Crippen molar-refractivity contribution in [2.24, 2.45) is 0 Å².